The molecule has 1 saturated heterocycles. The van der Waals surface area contributed by atoms with Crippen LogP contribution in [0.5, 0.6) is 5.75 Å². The SMILES string of the molecule is COc1cc2c(=O)c3c(=O)[nH]sc3n(C3CC3)c2c(F)c1N1CC[C@@H](CN)C1. The largest absolute Gasteiger partial charge is 0.494 e. The number of aromatic amines is 1. The fourth-order valence-electron chi connectivity index (χ4n) is 4.27. The topological polar surface area (TPSA) is 93.3 Å². The van der Waals surface area contributed by atoms with E-state index in [2.05, 4.69) is 4.37 Å². The lowest BCUT2D eigenvalue weighted by molar-refractivity contribution is 0.412. The maximum absolute atomic E-state index is 16.0. The summed E-state index contributed by atoms with van der Waals surface area (Å²) in [7, 11) is 1.47. The molecule has 3 aromatic rings. The lowest BCUT2D eigenvalue weighted by Crippen LogP contribution is -2.25. The predicted octanol–water partition coefficient (Wildman–Crippen LogP) is 2.17. The fraction of sp³-hybridized carbons (Fsp3) is 0.474. The fourth-order valence-corrected chi connectivity index (χ4v) is 5.19. The summed E-state index contributed by atoms with van der Waals surface area (Å²) in [5.41, 5.74) is 5.57. The lowest BCUT2D eigenvalue weighted by Gasteiger charge is -2.24. The molecule has 1 saturated carbocycles. The van der Waals surface area contributed by atoms with E-state index in [0.29, 0.717) is 41.8 Å². The first-order chi connectivity index (χ1) is 13.5. The number of nitrogens with one attached hydrogen (secondary N) is 1. The number of aromatic nitrogens is 2. The van der Waals surface area contributed by atoms with Crippen molar-refractivity contribution in [3.63, 3.8) is 0 Å². The molecule has 0 bridgehead atoms. The highest BCUT2D eigenvalue weighted by Gasteiger charge is 2.33. The number of anilines is 1. The Hall–Kier alpha value is -2.39. The first-order valence-corrected chi connectivity index (χ1v) is 10.3. The second-order valence-corrected chi connectivity index (χ2v) is 8.41. The van der Waals surface area contributed by atoms with Crippen molar-refractivity contribution in [2.45, 2.75) is 25.3 Å². The number of H-pyrrole nitrogens is 1. The van der Waals surface area contributed by atoms with Gasteiger partial charge in [0.25, 0.3) is 5.56 Å². The summed E-state index contributed by atoms with van der Waals surface area (Å²) in [5, 5.41) is 0.291. The van der Waals surface area contributed by atoms with E-state index in [1.165, 1.54) is 7.11 Å². The molecule has 148 valence electrons. The Morgan fingerprint density at radius 3 is 2.79 bits per heavy atom. The zero-order valence-corrected chi connectivity index (χ0v) is 16.3. The highest BCUT2D eigenvalue weighted by atomic mass is 32.1. The number of hydrogen-bond acceptors (Lipinski definition) is 6. The number of methoxy groups -OCH3 is 1. The quantitative estimate of drug-likeness (QED) is 0.695. The number of halogens is 1. The molecule has 1 aliphatic heterocycles. The number of fused-ring (bicyclic) bond motifs is 2. The third-order valence-corrected chi connectivity index (χ3v) is 6.74. The van der Waals surface area contributed by atoms with E-state index in [-0.39, 0.29) is 22.3 Å². The van der Waals surface area contributed by atoms with Gasteiger partial charge in [-0.1, -0.05) is 0 Å². The minimum atomic E-state index is -0.459. The van der Waals surface area contributed by atoms with Gasteiger partial charge in [-0.25, -0.2) is 4.39 Å². The van der Waals surface area contributed by atoms with Crippen molar-refractivity contribution >= 4 is 38.3 Å². The van der Waals surface area contributed by atoms with Crippen LogP contribution in [0.3, 0.4) is 0 Å². The van der Waals surface area contributed by atoms with Gasteiger partial charge in [0.05, 0.1) is 18.0 Å². The summed E-state index contributed by atoms with van der Waals surface area (Å²) >= 11 is 1.10. The molecule has 0 radical (unpaired) electrons. The Balaban J connectivity index is 1.87. The zero-order valence-electron chi connectivity index (χ0n) is 15.5. The molecule has 9 heteroatoms. The highest BCUT2D eigenvalue weighted by Crippen LogP contribution is 2.44. The molecule has 0 unspecified atom stereocenters. The molecule has 3 N–H and O–H groups in total. The third-order valence-electron chi connectivity index (χ3n) is 5.86. The number of rotatable bonds is 4. The van der Waals surface area contributed by atoms with Crippen molar-refractivity contribution in [1.82, 2.24) is 8.94 Å². The van der Waals surface area contributed by atoms with E-state index in [4.69, 9.17) is 10.5 Å². The molecular weight excluding hydrogens is 383 g/mol. The van der Waals surface area contributed by atoms with Gasteiger partial charge in [0, 0.05) is 19.1 Å². The van der Waals surface area contributed by atoms with E-state index >= 15 is 4.39 Å². The molecule has 0 amide bonds. The molecule has 1 atom stereocenters. The van der Waals surface area contributed by atoms with Crippen molar-refractivity contribution in [2.24, 2.45) is 11.7 Å². The second-order valence-electron chi connectivity index (χ2n) is 7.62. The van der Waals surface area contributed by atoms with Crippen LogP contribution in [0, 0.1) is 11.7 Å². The summed E-state index contributed by atoms with van der Waals surface area (Å²) in [6.45, 7) is 1.90. The lowest BCUT2D eigenvalue weighted by atomic mass is 10.1. The average Bonchev–Trinajstić information content (AvgIpc) is 3.29. The van der Waals surface area contributed by atoms with Gasteiger partial charge in [-0.2, -0.15) is 0 Å². The van der Waals surface area contributed by atoms with Crippen LogP contribution in [-0.4, -0.2) is 35.7 Å². The molecule has 28 heavy (non-hydrogen) atoms. The summed E-state index contributed by atoms with van der Waals surface area (Å²) < 4.78 is 25.9. The van der Waals surface area contributed by atoms with Gasteiger partial charge in [0.2, 0.25) is 5.43 Å². The predicted molar refractivity (Wildman–Crippen MR) is 108 cm³/mol. The van der Waals surface area contributed by atoms with Crippen LogP contribution in [0.4, 0.5) is 10.1 Å². The molecule has 2 fully saturated rings. The van der Waals surface area contributed by atoms with E-state index in [0.717, 1.165) is 30.8 Å². The van der Waals surface area contributed by atoms with Gasteiger partial charge < -0.3 is 19.9 Å². The Kier molecular flexibility index (Phi) is 3.99. The molecule has 2 aromatic heterocycles. The first kappa shape index (κ1) is 17.7. The standard InChI is InChI=1S/C19H21FN4O3S/c1-27-12-6-11-15(14(20)16(12)23-5-4-9(7-21)8-23)24(10-2-3-10)19-13(17(11)25)18(26)22-28-19/h6,9-10H,2-5,7-8,21H2,1H3,(H,22,26)/t9-/m0/s1. The molecule has 5 rings (SSSR count). The Labute approximate surface area is 163 Å². The third kappa shape index (κ3) is 2.42. The van der Waals surface area contributed by atoms with Crippen LogP contribution >= 0.6 is 11.5 Å². The highest BCUT2D eigenvalue weighted by molar-refractivity contribution is 7.12. The number of nitrogens with zero attached hydrogens (tertiary/aromatic N) is 2. The molecular formula is C19H21FN4O3S. The van der Waals surface area contributed by atoms with E-state index in [9.17, 15) is 9.59 Å². The van der Waals surface area contributed by atoms with Gasteiger partial charge in [0.15, 0.2) is 5.82 Å². The minimum absolute atomic E-state index is 0.1000. The monoisotopic (exact) mass is 404 g/mol. The van der Waals surface area contributed by atoms with Crippen LogP contribution in [0.15, 0.2) is 15.7 Å². The Morgan fingerprint density at radius 2 is 2.14 bits per heavy atom. The second kappa shape index (κ2) is 6.31. The van der Waals surface area contributed by atoms with Crippen LogP contribution in [0.1, 0.15) is 25.3 Å². The summed E-state index contributed by atoms with van der Waals surface area (Å²) in [4.78, 5) is 27.7. The van der Waals surface area contributed by atoms with Crippen LogP contribution in [0.2, 0.25) is 0 Å². The Morgan fingerprint density at radius 1 is 1.36 bits per heavy atom. The van der Waals surface area contributed by atoms with E-state index < -0.39 is 16.8 Å². The molecule has 2 aliphatic rings. The van der Waals surface area contributed by atoms with Crippen molar-refractivity contribution in [2.75, 3.05) is 31.6 Å². The first-order valence-electron chi connectivity index (χ1n) is 9.46. The van der Waals surface area contributed by atoms with E-state index in [1.807, 2.05) is 9.47 Å². The van der Waals surface area contributed by atoms with Gasteiger partial charge in [-0.05, 0) is 49.3 Å². The molecule has 3 heterocycles. The average molecular weight is 404 g/mol. The van der Waals surface area contributed by atoms with Gasteiger partial charge in [0.1, 0.15) is 21.7 Å². The molecule has 0 spiro atoms. The van der Waals surface area contributed by atoms with Crippen LogP contribution in [-0.2, 0) is 0 Å². The summed E-state index contributed by atoms with van der Waals surface area (Å²) in [6.07, 6.45) is 2.70. The summed E-state index contributed by atoms with van der Waals surface area (Å²) in [5.74, 6) is 0.162. The number of nitrogens with two attached hydrogens (primary N) is 1. The zero-order chi connectivity index (χ0) is 19.6. The maximum Gasteiger partial charge on any atom is 0.271 e. The molecule has 1 aromatic carbocycles. The van der Waals surface area contributed by atoms with Gasteiger partial charge in [-0.3, -0.25) is 14.0 Å². The maximum atomic E-state index is 16.0. The van der Waals surface area contributed by atoms with E-state index in [1.54, 1.807) is 6.07 Å². The number of pyridine rings is 1. The number of hydrogen-bond donors (Lipinski definition) is 2. The molecule has 7 nitrogen and oxygen atoms in total. The normalized spacial score (nSPS) is 19.8. The number of benzene rings is 1. The molecule has 1 aliphatic carbocycles. The number of ether oxygens (including phenoxy) is 1. The van der Waals surface area contributed by atoms with Crippen molar-refractivity contribution in [3.8, 4) is 5.75 Å². The minimum Gasteiger partial charge on any atom is -0.494 e. The van der Waals surface area contributed by atoms with Crippen molar-refractivity contribution in [1.29, 1.82) is 0 Å². The smallest absolute Gasteiger partial charge is 0.271 e. The summed E-state index contributed by atoms with van der Waals surface area (Å²) in [6, 6.07) is 1.68. The van der Waals surface area contributed by atoms with Gasteiger partial charge >= 0.3 is 0 Å². The van der Waals surface area contributed by atoms with Gasteiger partial charge in [-0.15, -0.1) is 0 Å². The van der Waals surface area contributed by atoms with Crippen LogP contribution in [0.25, 0.3) is 21.1 Å². The van der Waals surface area contributed by atoms with Crippen molar-refractivity contribution < 1.29 is 9.13 Å². The van der Waals surface area contributed by atoms with Crippen LogP contribution < -0.4 is 26.4 Å². The van der Waals surface area contributed by atoms with Crippen molar-refractivity contribution in [3.05, 3.63) is 32.5 Å². The Bertz CT molecular complexity index is 1210.